The molecule has 0 radical (unpaired) electrons. The maximum atomic E-state index is 10.6. The van der Waals surface area contributed by atoms with E-state index in [9.17, 15) is 26.3 Å². The first-order chi connectivity index (χ1) is 16.1. The van der Waals surface area contributed by atoms with Crippen molar-refractivity contribution in [2.75, 3.05) is 26.8 Å². The number of carboxylic acid groups (broad SMARTS) is 2. The van der Waals surface area contributed by atoms with Crippen LogP contribution in [0.2, 0.25) is 0 Å². The van der Waals surface area contributed by atoms with Crippen molar-refractivity contribution in [2.24, 2.45) is 11.7 Å². The molecule has 1 fully saturated rings. The maximum absolute atomic E-state index is 10.6. The number of fused-ring (bicyclic) bond motifs is 1. The number of halogens is 6. The summed E-state index contributed by atoms with van der Waals surface area (Å²) >= 11 is 0. The molecule has 1 aliphatic carbocycles. The van der Waals surface area contributed by atoms with E-state index in [-0.39, 0.29) is 6.04 Å². The molecular weight excluding hydrogens is 486 g/mol. The van der Waals surface area contributed by atoms with Gasteiger partial charge in [-0.05, 0) is 55.7 Å². The van der Waals surface area contributed by atoms with Crippen LogP contribution in [0, 0.1) is 5.92 Å². The zero-order valence-corrected chi connectivity index (χ0v) is 19.1. The highest BCUT2D eigenvalue weighted by atomic mass is 19.4. The van der Waals surface area contributed by atoms with Crippen molar-refractivity contribution in [2.45, 2.75) is 56.5 Å². The van der Waals surface area contributed by atoms with Gasteiger partial charge in [0.15, 0.2) is 0 Å². The van der Waals surface area contributed by atoms with Gasteiger partial charge < -0.3 is 20.7 Å². The predicted molar refractivity (Wildman–Crippen MR) is 114 cm³/mol. The molecule has 13 heteroatoms. The zero-order valence-electron chi connectivity index (χ0n) is 19.1. The van der Waals surface area contributed by atoms with Gasteiger partial charge in [0.2, 0.25) is 0 Å². The number of nitrogens with zero attached hydrogens (tertiary/aromatic N) is 1. The molecule has 2 unspecified atom stereocenters. The van der Waals surface area contributed by atoms with E-state index in [4.69, 9.17) is 30.3 Å². The van der Waals surface area contributed by atoms with Gasteiger partial charge in [0, 0.05) is 25.7 Å². The maximum Gasteiger partial charge on any atom is 0.490 e. The third-order valence-electron chi connectivity index (χ3n) is 5.60. The van der Waals surface area contributed by atoms with Crippen LogP contribution in [-0.2, 0) is 27.2 Å². The molecular formula is C22H30F6N2O5. The summed E-state index contributed by atoms with van der Waals surface area (Å²) in [7, 11) is 1.74. The van der Waals surface area contributed by atoms with Gasteiger partial charge in [-0.15, -0.1) is 0 Å². The number of carboxylic acids is 2. The lowest BCUT2D eigenvalue weighted by molar-refractivity contribution is -0.193. The number of piperidine rings is 1. The lowest BCUT2D eigenvalue weighted by Crippen LogP contribution is -2.44. The molecule has 3 rings (SSSR count). The van der Waals surface area contributed by atoms with E-state index in [1.165, 1.54) is 38.8 Å². The van der Waals surface area contributed by atoms with Gasteiger partial charge in [-0.2, -0.15) is 26.3 Å². The first kappa shape index (κ1) is 30.7. The third-order valence-corrected chi connectivity index (χ3v) is 5.60. The summed E-state index contributed by atoms with van der Waals surface area (Å²) in [6.45, 7) is 3.16. The summed E-state index contributed by atoms with van der Waals surface area (Å²) in [5.41, 5.74) is 9.25. The SMILES string of the molecule is COCC(N)CC1CCCN(C2Cc3ccccc3C2)C1.O=C(O)C(F)(F)F.O=C(O)C(F)(F)F. The quantitative estimate of drug-likeness (QED) is 0.514. The van der Waals surface area contributed by atoms with E-state index in [0.717, 1.165) is 12.3 Å². The van der Waals surface area contributed by atoms with E-state index in [0.29, 0.717) is 12.6 Å². The number of hydrogen-bond acceptors (Lipinski definition) is 5. The Bertz CT molecular complexity index is 769. The number of alkyl halides is 6. The van der Waals surface area contributed by atoms with Crippen molar-refractivity contribution < 1.29 is 50.9 Å². The second kappa shape index (κ2) is 13.6. The molecule has 0 spiro atoms. The van der Waals surface area contributed by atoms with Crippen molar-refractivity contribution >= 4 is 11.9 Å². The number of likely N-dealkylation sites (tertiary alicyclic amines) is 1. The smallest absolute Gasteiger partial charge is 0.475 e. The summed E-state index contributed by atoms with van der Waals surface area (Å²) in [6.07, 6.45) is -3.96. The average Bonchev–Trinajstić information content (AvgIpc) is 3.18. The minimum absolute atomic E-state index is 0.195. The molecule has 2 aliphatic rings. The van der Waals surface area contributed by atoms with E-state index in [2.05, 4.69) is 29.2 Å². The Morgan fingerprint density at radius 1 is 1.06 bits per heavy atom. The van der Waals surface area contributed by atoms with Crippen LogP contribution in [0.25, 0.3) is 0 Å². The Hall–Kier alpha value is -2.38. The van der Waals surface area contributed by atoms with Crippen LogP contribution in [0.1, 0.15) is 30.4 Å². The fourth-order valence-electron chi connectivity index (χ4n) is 4.13. The van der Waals surface area contributed by atoms with Crippen LogP contribution >= 0.6 is 0 Å². The second-order valence-corrected chi connectivity index (χ2v) is 8.39. The van der Waals surface area contributed by atoms with Crippen LogP contribution in [0.3, 0.4) is 0 Å². The lowest BCUT2D eigenvalue weighted by atomic mass is 9.90. The van der Waals surface area contributed by atoms with Crippen LogP contribution < -0.4 is 5.73 Å². The van der Waals surface area contributed by atoms with Gasteiger partial charge in [0.05, 0.1) is 6.61 Å². The third kappa shape index (κ3) is 11.3. The number of ether oxygens (including phenoxy) is 1. The average molecular weight is 516 g/mol. The molecule has 35 heavy (non-hydrogen) atoms. The molecule has 2 atom stereocenters. The minimum atomic E-state index is -5.08. The molecule has 1 aromatic rings. The number of benzene rings is 1. The van der Waals surface area contributed by atoms with E-state index in [1.54, 1.807) is 18.2 Å². The van der Waals surface area contributed by atoms with Gasteiger partial charge in [0.1, 0.15) is 0 Å². The number of methoxy groups -OCH3 is 1. The monoisotopic (exact) mass is 516 g/mol. The predicted octanol–water partition coefficient (Wildman–Crippen LogP) is 3.50. The Morgan fingerprint density at radius 3 is 1.91 bits per heavy atom. The van der Waals surface area contributed by atoms with E-state index in [1.807, 2.05) is 0 Å². The number of rotatable bonds is 5. The molecule has 7 nitrogen and oxygen atoms in total. The van der Waals surface area contributed by atoms with Crippen molar-refractivity contribution in [3.63, 3.8) is 0 Å². The van der Waals surface area contributed by atoms with Crippen LogP contribution in [-0.4, -0.2) is 78.3 Å². The molecule has 0 bridgehead atoms. The van der Waals surface area contributed by atoms with E-state index >= 15 is 0 Å². The Balaban J connectivity index is 0.000000362. The number of nitrogens with two attached hydrogens (primary N) is 1. The second-order valence-electron chi connectivity index (χ2n) is 8.39. The van der Waals surface area contributed by atoms with Crippen molar-refractivity contribution in [3.8, 4) is 0 Å². The fourth-order valence-corrected chi connectivity index (χ4v) is 4.13. The molecule has 1 aliphatic heterocycles. The summed E-state index contributed by atoms with van der Waals surface area (Å²) in [5, 5.41) is 14.2. The molecule has 0 saturated carbocycles. The highest BCUT2D eigenvalue weighted by molar-refractivity contribution is 5.73. The first-order valence-electron chi connectivity index (χ1n) is 10.8. The fraction of sp³-hybridized carbons (Fsp3) is 0.636. The van der Waals surface area contributed by atoms with Gasteiger partial charge >= 0.3 is 24.3 Å². The topological polar surface area (TPSA) is 113 Å². The number of hydrogen-bond donors (Lipinski definition) is 3. The molecule has 0 amide bonds. The van der Waals surface area contributed by atoms with Gasteiger partial charge in [-0.1, -0.05) is 24.3 Å². The molecule has 1 saturated heterocycles. The summed E-state index contributed by atoms with van der Waals surface area (Å²) in [5.74, 6) is -4.77. The minimum Gasteiger partial charge on any atom is -0.475 e. The molecule has 1 aromatic carbocycles. The molecule has 0 aromatic heterocycles. The highest BCUT2D eigenvalue weighted by Gasteiger charge is 2.39. The Kier molecular flexibility index (Phi) is 11.9. The highest BCUT2D eigenvalue weighted by Crippen LogP contribution is 2.29. The molecule has 200 valence electrons. The van der Waals surface area contributed by atoms with Crippen molar-refractivity contribution in [3.05, 3.63) is 35.4 Å². The van der Waals surface area contributed by atoms with Crippen LogP contribution in [0.15, 0.2) is 24.3 Å². The number of aliphatic carboxylic acids is 2. The normalized spacial score (nSPS) is 19.5. The van der Waals surface area contributed by atoms with E-state index < -0.39 is 24.3 Å². The van der Waals surface area contributed by atoms with Crippen LogP contribution in [0.4, 0.5) is 26.3 Å². The first-order valence-corrected chi connectivity index (χ1v) is 10.8. The summed E-state index contributed by atoms with van der Waals surface area (Å²) in [4.78, 5) is 20.5. The van der Waals surface area contributed by atoms with Crippen molar-refractivity contribution in [1.82, 2.24) is 4.90 Å². The molecule has 1 heterocycles. The largest absolute Gasteiger partial charge is 0.490 e. The van der Waals surface area contributed by atoms with Gasteiger partial charge in [-0.25, -0.2) is 9.59 Å². The van der Waals surface area contributed by atoms with Crippen molar-refractivity contribution in [1.29, 1.82) is 0 Å². The zero-order chi connectivity index (χ0) is 26.8. The standard InChI is InChI=1S/C18H28N2O.2C2HF3O2/c1-21-13-17(19)9-14-5-4-8-20(12-14)18-10-15-6-2-3-7-16(15)11-18;2*3-2(4,5)1(6)7/h2-3,6-7,14,17-18H,4-5,8-13,19H2,1H3;2*(H,6,7). The Labute approximate surface area is 198 Å². The lowest BCUT2D eigenvalue weighted by Gasteiger charge is -2.37. The van der Waals surface area contributed by atoms with Gasteiger partial charge in [-0.3, -0.25) is 4.90 Å². The summed E-state index contributed by atoms with van der Waals surface area (Å²) in [6, 6.07) is 9.84. The van der Waals surface area contributed by atoms with Gasteiger partial charge in [0.25, 0.3) is 0 Å². The Morgan fingerprint density at radius 2 is 1.51 bits per heavy atom. The summed E-state index contributed by atoms with van der Waals surface area (Å²) < 4.78 is 68.6. The number of carbonyl (C=O) groups is 2. The molecule has 4 N–H and O–H groups in total. The van der Waals surface area contributed by atoms with Crippen LogP contribution in [0.5, 0.6) is 0 Å².